The molecule has 282 valence electrons. The number of anilines is 1. The zero-order chi connectivity index (χ0) is 37.0. The van der Waals surface area contributed by atoms with Gasteiger partial charge < -0.3 is 41.0 Å². The van der Waals surface area contributed by atoms with E-state index in [2.05, 4.69) is 20.9 Å². The first kappa shape index (κ1) is 41.2. The highest BCUT2D eigenvalue weighted by molar-refractivity contribution is 5.98. The van der Waals surface area contributed by atoms with Crippen molar-refractivity contribution in [2.75, 3.05) is 72.8 Å². The first-order valence-electron chi connectivity index (χ1n) is 18.3. The summed E-state index contributed by atoms with van der Waals surface area (Å²) in [6, 6.07) is 5.08. The SMILES string of the molecule is CC[C@H](C)[C@@H]([C@@H](CC(=O)N1CCC[C@H]1[C@H](OC)[C@@H](C)C(=O)NCCN1CCNCC1)OC)N(C)C(=O)[C@@H](NC(=O)c1ccc(N)cc1)C(C)C. The molecule has 5 N–H and O–H groups in total. The molecule has 1 aromatic rings. The summed E-state index contributed by atoms with van der Waals surface area (Å²) < 4.78 is 11.9. The molecule has 50 heavy (non-hydrogen) atoms. The molecule has 13 heteroatoms. The molecule has 2 aliphatic rings. The fraction of sp³-hybridized carbons (Fsp3) is 0.730. The smallest absolute Gasteiger partial charge is 0.251 e. The lowest BCUT2D eigenvalue weighted by Crippen LogP contribution is -2.57. The number of hydrogen-bond acceptors (Lipinski definition) is 9. The van der Waals surface area contributed by atoms with Crippen molar-refractivity contribution in [2.45, 2.75) is 90.6 Å². The van der Waals surface area contributed by atoms with Crippen molar-refractivity contribution in [3.8, 4) is 0 Å². The molecule has 0 saturated carbocycles. The Balaban J connectivity index is 1.70. The number of likely N-dealkylation sites (N-methyl/N-ethyl adjacent to an activating group) is 1. The third-order valence-electron chi connectivity index (χ3n) is 10.6. The van der Waals surface area contributed by atoms with Crippen molar-refractivity contribution < 1.29 is 28.7 Å². The number of nitrogens with zero attached hydrogens (tertiary/aromatic N) is 3. The van der Waals surface area contributed by atoms with Crippen LogP contribution in [0.25, 0.3) is 0 Å². The van der Waals surface area contributed by atoms with Crippen LogP contribution in [0.1, 0.15) is 70.7 Å². The second kappa shape index (κ2) is 20.0. The Hall–Kier alpha value is -3.26. The van der Waals surface area contributed by atoms with E-state index in [9.17, 15) is 19.2 Å². The topological polar surface area (TPSA) is 159 Å². The van der Waals surface area contributed by atoms with E-state index >= 15 is 0 Å². The van der Waals surface area contributed by atoms with Crippen molar-refractivity contribution in [1.82, 2.24) is 30.7 Å². The third-order valence-corrected chi connectivity index (χ3v) is 10.6. The van der Waals surface area contributed by atoms with E-state index < -0.39 is 30.2 Å². The Kier molecular flexibility index (Phi) is 16.4. The van der Waals surface area contributed by atoms with E-state index in [1.807, 2.05) is 39.5 Å². The van der Waals surface area contributed by atoms with Crippen molar-refractivity contribution in [3.05, 3.63) is 29.8 Å². The second-order valence-electron chi connectivity index (χ2n) is 14.3. The van der Waals surface area contributed by atoms with E-state index in [0.717, 1.165) is 52.0 Å². The van der Waals surface area contributed by atoms with Gasteiger partial charge in [-0.1, -0.05) is 41.0 Å². The number of hydrogen-bond donors (Lipinski definition) is 4. The van der Waals surface area contributed by atoms with Crippen LogP contribution in [0.5, 0.6) is 0 Å². The van der Waals surface area contributed by atoms with Gasteiger partial charge in [-0.25, -0.2) is 0 Å². The molecule has 0 bridgehead atoms. The van der Waals surface area contributed by atoms with Gasteiger partial charge in [0, 0.05) is 78.3 Å². The monoisotopic (exact) mass is 701 g/mol. The molecule has 2 heterocycles. The number of methoxy groups -OCH3 is 2. The van der Waals surface area contributed by atoms with Crippen LogP contribution in [0.4, 0.5) is 5.69 Å². The molecule has 7 atom stereocenters. The van der Waals surface area contributed by atoms with E-state index in [-0.39, 0.29) is 47.9 Å². The average molecular weight is 702 g/mol. The number of nitrogens with two attached hydrogens (primary N) is 1. The molecule has 2 fully saturated rings. The van der Waals surface area contributed by atoms with Crippen LogP contribution in [0, 0.1) is 17.8 Å². The molecule has 0 radical (unpaired) electrons. The van der Waals surface area contributed by atoms with Gasteiger partial charge in [0.1, 0.15) is 6.04 Å². The quantitative estimate of drug-likeness (QED) is 0.168. The number of rotatable bonds is 18. The number of nitrogens with one attached hydrogen (secondary N) is 3. The van der Waals surface area contributed by atoms with Crippen LogP contribution in [0.2, 0.25) is 0 Å². The first-order valence-corrected chi connectivity index (χ1v) is 18.3. The maximum atomic E-state index is 14.1. The minimum atomic E-state index is -0.792. The number of carbonyl (C=O) groups is 4. The highest BCUT2D eigenvalue weighted by Crippen LogP contribution is 2.29. The standard InChI is InChI=1S/C37H63N7O6/c1-9-25(4)33(42(6)37(48)32(24(2)3)41-36(47)27-12-14-28(38)15-13-27)30(49-7)23-31(45)44-19-10-11-29(44)34(50-8)26(5)35(46)40-18-22-43-20-16-39-17-21-43/h12-15,24-26,29-30,32-34,39H,9-11,16-23,38H2,1-8H3,(H,40,46)(H,41,47)/t25-,26+,29-,30+,32-,33-,34+/m0/s1. The predicted octanol–water partition coefficient (Wildman–Crippen LogP) is 1.96. The number of nitrogen functional groups attached to an aromatic ring is 1. The van der Waals surface area contributed by atoms with Crippen molar-refractivity contribution in [1.29, 1.82) is 0 Å². The van der Waals surface area contributed by atoms with Crippen LogP contribution in [0.3, 0.4) is 0 Å². The summed E-state index contributed by atoms with van der Waals surface area (Å²) in [7, 11) is 4.90. The van der Waals surface area contributed by atoms with Crippen molar-refractivity contribution >= 4 is 29.3 Å². The summed E-state index contributed by atoms with van der Waals surface area (Å²) in [5.74, 6) is -1.44. The van der Waals surface area contributed by atoms with Crippen LogP contribution < -0.4 is 21.7 Å². The second-order valence-corrected chi connectivity index (χ2v) is 14.3. The third kappa shape index (κ3) is 10.9. The molecular weight excluding hydrogens is 638 g/mol. The molecule has 0 aromatic heterocycles. The predicted molar refractivity (Wildman–Crippen MR) is 195 cm³/mol. The molecule has 0 aliphatic carbocycles. The van der Waals surface area contributed by atoms with Crippen molar-refractivity contribution in [3.63, 3.8) is 0 Å². The van der Waals surface area contributed by atoms with Crippen LogP contribution in [-0.4, -0.2) is 136 Å². The van der Waals surface area contributed by atoms with Gasteiger partial charge in [0.15, 0.2) is 0 Å². The van der Waals surface area contributed by atoms with Crippen LogP contribution in [-0.2, 0) is 23.9 Å². The van der Waals surface area contributed by atoms with Gasteiger partial charge in [0.05, 0.1) is 36.6 Å². The number of likely N-dealkylation sites (tertiary alicyclic amines) is 1. The van der Waals surface area contributed by atoms with Gasteiger partial charge in [-0.3, -0.25) is 24.1 Å². The largest absolute Gasteiger partial charge is 0.399 e. The van der Waals surface area contributed by atoms with Gasteiger partial charge in [0.25, 0.3) is 5.91 Å². The Morgan fingerprint density at radius 1 is 1.02 bits per heavy atom. The summed E-state index contributed by atoms with van der Waals surface area (Å²) in [6.07, 6.45) is 1.29. The Morgan fingerprint density at radius 3 is 2.26 bits per heavy atom. The highest BCUT2D eigenvalue weighted by Gasteiger charge is 2.42. The van der Waals surface area contributed by atoms with Gasteiger partial charge in [-0.05, 0) is 48.9 Å². The molecule has 4 amide bonds. The average Bonchev–Trinajstić information content (AvgIpc) is 3.60. The summed E-state index contributed by atoms with van der Waals surface area (Å²) >= 11 is 0. The minimum Gasteiger partial charge on any atom is -0.399 e. The Morgan fingerprint density at radius 2 is 1.68 bits per heavy atom. The summed E-state index contributed by atoms with van der Waals surface area (Å²) in [5.41, 5.74) is 6.75. The number of carbonyl (C=O) groups excluding carboxylic acids is 4. The molecule has 13 nitrogen and oxygen atoms in total. The lowest BCUT2D eigenvalue weighted by molar-refractivity contribution is -0.146. The van der Waals surface area contributed by atoms with Crippen molar-refractivity contribution in [2.24, 2.45) is 17.8 Å². The lowest BCUT2D eigenvalue weighted by Gasteiger charge is -2.40. The summed E-state index contributed by atoms with van der Waals surface area (Å²) in [4.78, 5) is 60.3. The number of ether oxygens (including phenoxy) is 2. The maximum absolute atomic E-state index is 14.1. The van der Waals surface area contributed by atoms with Gasteiger partial charge in [-0.2, -0.15) is 0 Å². The number of amides is 4. The Bertz CT molecular complexity index is 1240. The fourth-order valence-corrected chi connectivity index (χ4v) is 7.33. The number of piperazine rings is 1. The molecular formula is C37H63N7O6. The summed E-state index contributed by atoms with van der Waals surface area (Å²) in [5, 5.41) is 9.34. The zero-order valence-corrected chi connectivity index (χ0v) is 31.6. The highest BCUT2D eigenvalue weighted by atomic mass is 16.5. The maximum Gasteiger partial charge on any atom is 0.251 e. The van der Waals surface area contributed by atoms with E-state index in [4.69, 9.17) is 15.2 Å². The fourth-order valence-electron chi connectivity index (χ4n) is 7.33. The van der Waals surface area contributed by atoms with Crippen LogP contribution >= 0.6 is 0 Å². The van der Waals surface area contributed by atoms with E-state index in [1.165, 1.54) is 0 Å². The summed E-state index contributed by atoms with van der Waals surface area (Å²) in [6.45, 7) is 15.5. The molecule has 2 aliphatic heterocycles. The van der Waals surface area contributed by atoms with Gasteiger partial charge >= 0.3 is 0 Å². The number of benzene rings is 1. The molecule has 2 saturated heterocycles. The minimum absolute atomic E-state index is 0.00618. The first-order chi connectivity index (χ1) is 23.8. The van der Waals surface area contributed by atoms with E-state index in [0.29, 0.717) is 24.3 Å². The zero-order valence-electron chi connectivity index (χ0n) is 31.6. The van der Waals surface area contributed by atoms with E-state index in [1.54, 1.807) is 50.4 Å². The van der Waals surface area contributed by atoms with Gasteiger partial charge in [-0.15, -0.1) is 0 Å². The Labute approximate surface area is 299 Å². The molecule has 0 spiro atoms. The molecule has 1 aromatic carbocycles. The normalized spacial score (nSPS) is 20.4. The lowest BCUT2D eigenvalue weighted by atomic mass is 9.89. The van der Waals surface area contributed by atoms with Crippen LogP contribution in [0.15, 0.2) is 24.3 Å². The molecule has 0 unspecified atom stereocenters. The van der Waals surface area contributed by atoms with Gasteiger partial charge in [0.2, 0.25) is 17.7 Å². The molecule has 3 rings (SSSR count).